The van der Waals surface area contributed by atoms with Crippen LogP contribution in [0.1, 0.15) is 45.3 Å². The van der Waals surface area contributed by atoms with Crippen molar-refractivity contribution >= 4 is 22.0 Å². The molecule has 1 saturated heterocycles. The van der Waals surface area contributed by atoms with Crippen molar-refractivity contribution < 1.29 is 14.3 Å². The summed E-state index contributed by atoms with van der Waals surface area (Å²) in [5.74, 6) is 0. The van der Waals surface area contributed by atoms with Gasteiger partial charge in [0.05, 0.1) is 29.0 Å². The van der Waals surface area contributed by atoms with Gasteiger partial charge in [0.2, 0.25) is 0 Å². The molecule has 7 heteroatoms. The lowest BCUT2D eigenvalue weighted by molar-refractivity contribution is 0.0274. The Labute approximate surface area is 139 Å². The van der Waals surface area contributed by atoms with Gasteiger partial charge in [0, 0.05) is 20.3 Å². The molecule has 0 N–H and O–H groups in total. The Morgan fingerprint density at radius 3 is 2.73 bits per heavy atom. The van der Waals surface area contributed by atoms with E-state index in [-0.39, 0.29) is 6.09 Å². The zero-order valence-corrected chi connectivity index (χ0v) is 15.2. The van der Waals surface area contributed by atoms with Crippen LogP contribution in [0.4, 0.5) is 4.79 Å². The van der Waals surface area contributed by atoms with Crippen LogP contribution in [-0.2, 0) is 16.0 Å². The zero-order valence-electron chi connectivity index (χ0n) is 13.6. The standard InChI is InChI=1S/C15H24BrN3O3/c1-15(2,3)22-14(20)18(4)10-13-12(16)9-17-19(13)11-5-7-21-8-6-11/h9,11H,5-8,10H2,1-4H3. The van der Waals surface area contributed by atoms with Crippen LogP contribution in [0.5, 0.6) is 0 Å². The van der Waals surface area contributed by atoms with Crippen LogP contribution in [-0.4, -0.2) is 46.6 Å². The molecule has 0 aromatic carbocycles. The minimum atomic E-state index is -0.496. The largest absolute Gasteiger partial charge is 0.444 e. The summed E-state index contributed by atoms with van der Waals surface area (Å²) < 4.78 is 13.7. The number of hydrogen-bond acceptors (Lipinski definition) is 4. The fraction of sp³-hybridized carbons (Fsp3) is 0.733. The third-order valence-electron chi connectivity index (χ3n) is 3.48. The topological polar surface area (TPSA) is 56.6 Å². The summed E-state index contributed by atoms with van der Waals surface area (Å²) in [6, 6.07) is 0.321. The number of amides is 1. The summed E-state index contributed by atoms with van der Waals surface area (Å²) in [5, 5.41) is 4.46. The molecule has 2 rings (SSSR count). The fourth-order valence-corrected chi connectivity index (χ4v) is 2.79. The van der Waals surface area contributed by atoms with Gasteiger partial charge in [0.15, 0.2) is 0 Å². The first kappa shape index (κ1) is 17.3. The van der Waals surface area contributed by atoms with Crippen LogP contribution in [0.3, 0.4) is 0 Å². The van der Waals surface area contributed by atoms with Gasteiger partial charge in [0.25, 0.3) is 0 Å². The van der Waals surface area contributed by atoms with Crippen LogP contribution in [0.15, 0.2) is 10.7 Å². The van der Waals surface area contributed by atoms with Gasteiger partial charge < -0.3 is 14.4 Å². The second kappa shape index (κ2) is 7.00. The zero-order chi connectivity index (χ0) is 16.3. The minimum Gasteiger partial charge on any atom is -0.444 e. The molecule has 6 nitrogen and oxygen atoms in total. The summed E-state index contributed by atoms with van der Waals surface area (Å²) in [6.45, 7) is 7.54. The van der Waals surface area contributed by atoms with E-state index in [0.29, 0.717) is 12.6 Å². The predicted molar refractivity (Wildman–Crippen MR) is 86.7 cm³/mol. The Morgan fingerprint density at radius 2 is 2.14 bits per heavy atom. The van der Waals surface area contributed by atoms with Gasteiger partial charge in [-0.15, -0.1) is 0 Å². The van der Waals surface area contributed by atoms with Gasteiger partial charge in [-0.05, 0) is 49.5 Å². The van der Waals surface area contributed by atoms with Gasteiger partial charge in [0.1, 0.15) is 5.60 Å². The molecule has 124 valence electrons. The molecule has 0 aliphatic carbocycles. The molecule has 22 heavy (non-hydrogen) atoms. The van der Waals surface area contributed by atoms with E-state index in [9.17, 15) is 4.79 Å². The first-order chi connectivity index (χ1) is 10.3. The van der Waals surface area contributed by atoms with Gasteiger partial charge >= 0.3 is 6.09 Å². The smallest absolute Gasteiger partial charge is 0.410 e. The molecule has 0 saturated carbocycles. The Morgan fingerprint density at radius 1 is 1.50 bits per heavy atom. The number of hydrogen-bond donors (Lipinski definition) is 0. The summed E-state index contributed by atoms with van der Waals surface area (Å²) in [4.78, 5) is 13.7. The van der Waals surface area contributed by atoms with Crippen molar-refractivity contribution in [3.63, 3.8) is 0 Å². The molecule has 1 aromatic heterocycles. The predicted octanol–water partition coefficient (Wildman–Crippen LogP) is 3.36. The van der Waals surface area contributed by atoms with Crippen molar-refractivity contribution in [1.29, 1.82) is 0 Å². The second-order valence-corrected chi connectivity index (χ2v) is 7.42. The fourth-order valence-electron chi connectivity index (χ4n) is 2.39. The molecule has 1 fully saturated rings. The number of carbonyl (C=O) groups is 1. The van der Waals surface area contributed by atoms with Crippen molar-refractivity contribution in [3.8, 4) is 0 Å². The molecule has 2 heterocycles. The molecule has 1 amide bonds. The van der Waals surface area contributed by atoms with E-state index in [0.717, 1.165) is 36.2 Å². The Kier molecular flexibility index (Phi) is 5.50. The van der Waals surface area contributed by atoms with Crippen LogP contribution in [0.25, 0.3) is 0 Å². The van der Waals surface area contributed by atoms with Crippen molar-refractivity contribution in [2.45, 2.75) is 51.8 Å². The third kappa shape index (κ3) is 4.46. The number of rotatable bonds is 3. The maximum Gasteiger partial charge on any atom is 0.410 e. The average Bonchev–Trinajstić information content (AvgIpc) is 2.79. The molecule has 1 aliphatic heterocycles. The molecular weight excluding hydrogens is 350 g/mol. The highest BCUT2D eigenvalue weighted by atomic mass is 79.9. The normalized spacial score (nSPS) is 16.6. The van der Waals surface area contributed by atoms with Crippen LogP contribution in [0.2, 0.25) is 0 Å². The van der Waals surface area contributed by atoms with Crippen molar-refractivity contribution in [2.75, 3.05) is 20.3 Å². The molecule has 1 aromatic rings. The van der Waals surface area contributed by atoms with E-state index in [1.54, 1.807) is 18.1 Å². The second-order valence-electron chi connectivity index (χ2n) is 6.56. The van der Waals surface area contributed by atoms with Gasteiger partial charge in [-0.25, -0.2) is 4.79 Å². The Bertz CT molecular complexity index is 519. The van der Waals surface area contributed by atoms with Crippen molar-refractivity contribution in [3.05, 3.63) is 16.4 Å². The van der Waals surface area contributed by atoms with Gasteiger partial charge in [-0.3, -0.25) is 4.68 Å². The molecule has 0 spiro atoms. The molecule has 0 atom stereocenters. The third-order valence-corrected chi connectivity index (χ3v) is 4.14. The quantitative estimate of drug-likeness (QED) is 0.814. The first-order valence-electron chi connectivity index (χ1n) is 7.51. The summed E-state index contributed by atoms with van der Waals surface area (Å²) in [5.41, 5.74) is 0.490. The Hall–Kier alpha value is -1.08. The monoisotopic (exact) mass is 373 g/mol. The van der Waals surface area contributed by atoms with Crippen LogP contribution < -0.4 is 0 Å². The number of aromatic nitrogens is 2. The van der Waals surface area contributed by atoms with Crippen LogP contribution in [0, 0.1) is 0 Å². The van der Waals surface area contributed by atoms with Gasteiger partial charge in [-0.2, -0.15) is 5.10 Å². The van der Waals surface area contributed by atoms with E-state index in [1.807, 2.05) is 25.5 Å². The lowest BCUT2D eigenvalue weighted by atomic mass is 10.1. The summed E-state index contributed by atoms with van der Waals surface area (Å²) >= 11 is 3.53. The van der Waals surface area contributed by atoms with Gasteiger partial charge in [-0.1, -0.05) is 0 Å². The highest BCUT2D eigenvalue weighted by molar-refractivity contribution is 9.10. The van der Waals surface area contributed by atoms with E-state index >= 15 is 0 Å². The highest BCUT2D eigenvalue weighted by Gasteiger charge is 2.24. The van der Waals surface area contributed by atoms with E-state index in [2.05, 4.69) is 21.0 Å². The molecule has 0 radical (unpaired) electrons. The van der Waals surface area contributed by atoms with Crippen molar-refractivity contribution in [2.24, 2.45) is 0 Å². The summed E-state index contributed by atoms with van der Waals surface area (Å²) in [6.07, 6.45) is 3.33. The average molecular weight is 374 g/mol. The highest BCUT2D eigenvalue weighted by Crippen LogP contribution is 2.27. The first-order valence-corrected chi connectivity index (χ1v) is 8.31. The Balaban J connectivity index is 2.08. The lowest BCUT2D eigenvalue weighted by Crippen LogP contribution is -2.35. The molecular formula is C15H24BrN3O3. The van der Waals surface area contributed by atoms with Crippen LogP contribution >= 0.6 is 15.9 Å². The number of ether oxygens (including phenoxy) is 2. The van der Waals surface area contributed by atoms with E-state index in [4.69, 9.17) is 9.47 Å². The number of nitrogens with zero attached hydrogens (tertiary/aromatic N) is 3. The number of carbonyl (C=O) groups excluding carboxylic acids is 1. The maximum absolute atomic E-state index is 12.1. The number of halogens is 1. The SMILES string of the molecule is CN(Cc1c(Br)cnn1C1CCOCC1)C(=O)OC(C)(C)C. The summed E-state index contributed by atoms with van der Waals surface area (Å²) in [7, 11) is 1.74. The van der Waals surface area contributed by atoms with Crippen molar-refractivity contribution in [1.82, 2.24) is 14.7 Å². The molecule has 1 aliphatic rings. The minimum absolute atomic E-state index is 0.321. The maximum atomic E-state index is 12.1. The van der Waals surface area contributed by atoms with E-state index < -0.39 is 5.60 Å². The lowest BCUT2D eigenvalue weighted by Gasteiger charge is -2.27. The molecule has 0 unspecified atom stereocenters. The van der Waals surface area contributed by atoms with E-state index in [1.165, 1.54) is 0 Å². The molecule has 0 bridgehead atoms.